The summed E-state index contributed by atoms with van der Waals surface area (Å²) < 4.78 is 25.3. The average Bonchev–Trinajstić information content (AvgIpc) is 3.36. The largest absolute Gasteiger partial charge is 0.380 e. The molecule has 1 N–H and O–H groups in total. The summed E-state index contributed by atoms with van der Waals surface area (Å²) >= 11 is 1.07. The van der Waals surface area contributed by atoms with Gasteiger partial charge in [0.2, 0.25) is 0 Å². The first kappa shape index (κ1) is 18.3. The minimum absolute atomic E-state index is 0.138. The molecule has 2 aromatic rings. The summed E-state index contributed by atoms with van der Waals surface area (Å²) in [6.45, 7) is 4.63. The molecule has 8 heteroatoms. The second kappa shape index (κ2) is 7.24. The van der Waals surface area contributed by atoms with Crippen LogP contribution in [0.1, 0.15) is 29.8 Å². The zero-order chi connectivity index (χ0) is 19.3. The lowest BCUT2D eigenvalue weighted by Gasteiger charge is -2.44. The fraction of sp³-hybridized carbons (Fsp3) is 0.600. The predicted molar refractivity (Wildman–Crippen MR) is 108 cm³/mol. The molecule has 0 aliphatic carbocycles. The number of carbonyl (C=O) groups is 1. The van der Waals surface area contributed by atoms with Crippen molar-refractivity contribution in [1.82, 2.24) is 14.6 Å². The zero-order valence-electron chi connectivity index (χ0n) is 16.0. The van der Waals surface area contributed by atoms with Crippen LogP contribution in [0.5, 0.6) is 0 Å². The third kappa shape index (κ3) is 3.07. The Morgan fingerprint density at radius 2 is 2.07 bits per heavy atom. The highest BCUT2D eigenvalue weighted by atomic mass is 32.1. The number of nitrogens with one attached hydrogen (secondary N) is 1. The second-order valence-electron chi connectivity index (χ2n) is 8.12. The number of methoxy groups -OCH3 is 1. The van der Waals surface area contributed by atoms with E-state index in [1.807, 2.05) is 11.0 Å². The van der Waals surface area contributed by atoms with Crippen molar-refractivity contribution in [2.45, 2.75) is 31.4 Å². The summed E-state index contributed by atoms with van der Waals surface area (Å²) in [4.78, 5) is 17.3. The Morgan fingerprint density at radius 3 is 2.75 bits per heavy atom. The van der Waals surface area contributed by atoms with Gasteiger partial charge in [0.1, 0.15) is 5.69 Å². The predicted octanol–water partition coefficient (Wildman–Crippen LogP) is 2.48. The van der Waals surface area contributed by atoms with Crippen LogP contribution < -0.4 is 10.2 Å². The second-order valence-corrected chi connectivity index (χ2v) is 8.89. The molecule has 28 heavy (non-hydrogen) atoms. The van der Waals surface area contributed by atoms with E-state index in [1.54, 1.807) is 13.2 Å². The molecule has 4 saturated heterocycles. The molecule has 1 aromatic heterocycles. The van der Waals surface area contributed by atoms with E-state index in [0.29, 0.717) is 33.9 Å². The summed E-state index contributed by atoms with van der Waals surface area (Å²) in [5.74, 6) is 0.0810. The summed E-state index contributed by atoms with van der Waals surface area (Å²) in [6.07, 6.45) is 3.31. The van der Waals surface area contributed by atoms with Crippen molar-refractivity contribution in [3.63, 3.8) is 0 Å². The van der Waals surface area contributed by atoms with Gasteiger partial charge >= 0.3 is 0 Å². The molecular formula is C20H25FN4O2S. The van der Waals surface area contributed by atoms with Crippen molar-refractivity contribution in [2.24, 2.45) is 5.92 Å². The summed E-state index contributed by atoms with van der Waals surface area (Å²) in [5, 5.41) is 3.77. The first-order chi connectivity index (χ1) is 13.6. The van der Waals surface area contributed by atoms with Crippen LogP contribution in [0.15, 0.2) is 12.1 Å². The summed E-state index contributed by atoms with van der Waals surface area (Å²) in [6, 6.07) is 3.78. The molecule has 0 spiro atoms. The lowest BCUT2D eigenvalue weighted by atomic mass is 9.84. The number of ether oxygens (including phenoxy) is 1. The summed E-state index contributed by atoms with van der Waals surface area (Å²) in [5.41, 5.74) is 0.915. The first-order valence-corrected chi connectivity index (χ1v) is 10.8. The van der Waals surface area contributed by atoms with Crippen LogP contribution in [-0.4, -0.2) is 67.2 Å². The van der Waals surface area contributed by atoms with Crippen LogP contribution in [0.4, 0.5) is 10.1 Å². The van der Waals surface area contributed by atoms with Gasteiger partial charge in [0, 0.05) is 38.2 Å². The smallest absolute Gasteiger partial charge is 0.271 e. The van der Waals surface area contributed by atoms with Crippen LogP contribution in [-0.2, 0) is 4.74 Å². The maximum absolute atomic E-state index is 15.2. The third-order valence-corrected chi connectivity index (χ3v) is 7.42. The highest BCUT2D eigenvalue weighted by molar-refractivity contribution is 7.13. The fourth-order valence-corrected chi connectivity index (χ4v) is 5.69. The minimum atomic E-state index is -0.284. The van der Waals surface area contributed by atoms with Gasteiger partial charge in [0.25, 0.3) is 5.91 Å². The van der Waals surface area contributed by atoms with Crippen molar-refractivity contribution in [1.29, 1.82) is 0 Å². The van der Waals surface area contributed by atoms with Gasteiger partial charge < -0.3 is 19.9 Å². The van der Waals surface area contributed by atoms with Gasteiger partial charge in [-0.2, -0.15) is 4.37 Å². The number of benzene rings is 1. The number of hydrogen-bond acceptors (Lipinski definition) is 6. The van der Waals surface area contributed by atoms with E-state index < -0.39 is 0 Å². The molecule has 1 amide bonds. The zero-order valence-corrected chi connectivity index (χ0v) is 16.8. The monoisotopic (exact) mass is 404 g/mol. The Hall–Kier alpha value is -1.77. The molecule has 150 valence electrons. The number of anilines is 1. The van der Waals surface area contributed by atoms with E-state index in [9.17, 15) is 4.79 Å². The van der Waals surface area contributed by atoms with Crippen molar-refractivity contribution in [2.75, 3.05) is 44.7 Å². The van der Waals surface area contributed by atoms with Gasteiger partial charge in [-0.15, -0.1) is 0 Å². The van der Waals surface area contributed by atoms with Gasteiger partial charge in [-0.05, 0) is 61.9 Å². The fourth-order valence-electron chi connectivity index (χ4n) is 4.87. The van der Waals surface area contributed by atoms with Crippen LogP contribution in [0, 0.1) is 11.7 Å². The van der Waals surface area contributed by atoms with Crippen LogP contribution in [0.25, 0.3) is 10.1 Å². The normalized spacial score (nSPS) is 29.6. The third-order valence-electron chi connectivity index (χ3n) is 6.57. The Bertz CT molecular complexity index is 896. The molecule has 2 bridgehead atoms. The lowest BCUT2D eigenvalue weighted by molar-refractivity contribution is 0.0619. The van der Waals surface area contributed by atoms with E-state index in [1.165, 1.54) is 0 Å². The van der Waals surface area contributed by atoms with Crippen molar-refractivity contribution in [3.8, 4) is 0 Å². The summed E-state index contributed by atoms with van der Waals surface area (Å²) in [7, 11) is 1.69. The van der Waals surface area contributed by atoms with Gasteiger partial charge in [-0.25, -0.2) is 4.39 Å². The maximum Gasteiger partial charge on any atom is 0.271 e. The number of amides is 1. The number of fused-ring (bicyclic) bond motifs is 4. The van der Waals surface area contributed by atoms with E-state index in [2.05, 4.69) is 14.6 Å². The Kier molecular flexibility index (Phi) is 4.72. The quantitative estimate of drug-likeness (QED) is 0.849. The van der Waals surface area contributed by atoms with Crippen molar-refractivity contribution in [3.05, 3.63) is 23.6 Å². The Labute approximate surface area is 167 Å². The molecule has 1 aromatic carbocycles. The topological polar surface area (TPSA) is 57.7 Å². The van der Waals surface area contributed by atoms with Crippen LogP contribution in [0.3, 0.4) is 0 Å². The van der Waals surface area contributed by atoms with Gasteiger partial charge in [0.05, 0.1) is 16.5 Å². The minimum Gasteiger partial charge on any atom is -0.380 e. The highest BCUT2D eigenvalue weighted by Crippen LogP contribution is 2.34. The number of aromatic nitrogens is 1. The van der Waals surface area contributed by atoms with Gasteiger partial charge in [-0.1, -0.05) is 0 Å². The number of rotatable bonds is 4. The molecular weight excluding hydrogens is 379 g/mol. The molecule has 2 atom stereocenters. The van der Waals surface area contributed by atoms with E-state index in [-0.39, 0.29) is 23.9 Å². The van der Waals surface area contributed by atoms with E-state index >= 15 is 4.39 Å². The molecule has 0 radical (unpaired) electrons. The molecule has 4 fully saturated rings. The molecule has 4 aliphatic rings. The molecule has 6 nitrogen and oxygen atoms in total. The van der Waals surface area contributed by atoms with Gasteiger partial charge in [0.15, 0.2) is 5.82 Å². The van der Waals surface area contributed by atoms with E-state index in [0.717, 1.165) is 57.0 Å². The van der Waals surface area contributed by atoms with Crippen LogP contribution in [0.2, 0.25) is 0 Å². The van der Waals surface area contributed by atoms with Crippen molar-refractivity contribution >= 4 is 33.2 Å². The number of piperidine rings is 3. The average molecular weight is 405 g/mol. The van der Waals surface area contributed by atoms with Crippen LogP contribution >= 0.6 is 11.5 Å². The maximum atomic E-state index is 15.2. The van der Waals surface area contributed by atoms with Crippen molar-refractivity contribution < 1.29 is 13.9 Å². The number of nitrogens with zero attached hydrogens (tertiary/aromatic N) is 3. The van der Waals surface area contributed by atoms with Gasteiger partial charge in [-0.3, -0.25) is 4.79 Å². The SMILES string of the molecule is COC1CCN(c2ccc3c(C(=O)N[C@@H]4CN5CCC4CC5)nsc3c2F)C1. The number of carbonyl (C=O) groups excluding carboxylic acids is 1. The molecule has 5 heterocycles. The van der Waals surface area contributed by atoms with E-state index in [4.69, 9.17) is 4.74 Å². The molecule has 4 aliphatic heterocycles. The molecule has 1 unspecified atom stereocenters. The molecule has 6 rings (SSSR count). The number of hydrogen-bond donors (Lipinski definition) is 1. The standard InChI is InChI=1S/C20H25FN4O2S/c1-27-13-6-9-25(10-13)16-3-2-14-18(23-28-19(14)17(16)21)20(26)22-15-11-24-7-4-12(15)5-8-24/h2-3,12-13,15H,4-11H2,1H3,(H,22,26)/t13?,15-/m1/s1. The Balaban J connectivity index is 1.37. The Morgan fingerprint density at radius 1 is 1.25 bits per heavy atom. The molecule has 0 saturated carbocycles. The first-order valence-electron chi connectivity index (χ1n) is 10.0. The highest BCUT2D eigenvalue weighted by Gasteiger charge is 2.35. The number of halogens is 1. The lowest BCUT2D eigenvalue weighted by Crippen LogP contribution is -2.57.